The summed E-state index contributed by atoms with van der Waals surface area (Å²) in [6.07, 6.45) is 1.33. The highest BCUT2D eigenvalue weighted by Crippen LogP contribution is 2.07. The Morgan fingerprint density at radius 1 is 1.50 bits per heavy atom. The number of rotatable bonds is 2. The molecule has 0 aliphatic rings. The molecule has 16 heavy (non-hydrogen) atoms. The lowest BCUT2D eigenvalue weighted by molar-refractivity contribution is -0.620. The largest absolute Gasteiger partial charge is 0.488 e. The number of amides is 1. The molecule has 0 fully saturated rings. The van der Waals surface area contributed by atoms with Crippen molar-refractivity contribution in [3.8, 4) is 0 Å². The minimum Gasteiger partial charge on any atom is -0.423 e. The van der Waals surface area contributed by atoms with Gasteiger partial charge in [-0.15, -0.1) is 5.43 Å². The molecule has 1 aromatic heterocycles. The van der Waals surface area contributed by atoms with Crippen LogP contribution in [-0.4, -0.2) is 23.1 Å². The van der Waals surface area contributed by atoms with Crippen LogP contribution in [0.25, 0.3) is 11.1 Å². The second kappa shape index (κ2) is 3.95. The number of hydrogen-bond donors (Lipinski definition) is 3. The molecule has 6 nitrogen and oxygen atoms in total. The van der Waals surface area contributed by atoms with E-state index in [1.165, 1.54) is 24.1 Å². The summed E-state index contributed by atoms with van der Waals surface area (Å²) in [4.78, 5) is 10.9. The van der Waals surface area contributed by atoms with Crippen molar-refractivity contribution in [2.45, 2.75) is 6.92 Å². The van der Waals surface area contributed by atoms with E-state index in [2.05, 4.69) is 5.43 Å². The molecule has 0 radical (unpaired) electrons. The molecule has 0 saturated heterocycles. The SMILES string of the molecule is CC(=O)N[n+]1coc2cc(B(O)O)ccc21. The van der Waals surface area contributed by atoms with E-state index in [9.17, 15) is 4.79 Å². The average Bonchev–Trinajstić information content (AvgIpc) is 2.60. The summed E-state index contributed by atoms with van der Waals surface area (Å²) in [5, 5.41) is 17.9. The predicted octanol–water partition coefficient (Wildman–Crippen LogP) is -1.51. The van der Waals surface area contributed by atoms with Gasteiger partial charge in [0.2, 0.25) is 5.58 Å². The third-order valence-electron chi connectivity index (χ3n) is 2.10. The van der Waals surface area contributed by atoms with Crippen LogP contribution in [0.3, 0.4) is 0 Å². The summed E-state index contributed by atoms with van der Waals surface area (Å²) in [5.41, 5.74) is 3.96. The molecule has 2 rings (SSSR count). The molecular weight excluding hydrogens is 211 g/mol. The minimum absolute atomic E-state index is 0.223. The number of aromatic nitrogens is 1. The Bertz CT molecular complexity index is 537. The van der Waals surface area contributed by atoms with Crippen LogP contribution in [0.5, 0.6) is 0 Å². The van der Waals surface area contributed by atoms with Gasteiger partial charge in [-0.25, -0.2) is 0 Å². The first kappa shape index (κ1) is 10.7. The fraction of sp³-hybridized carbons (Fsp3) is 0.111. The van der Waals surface area contributed by atoms with E-state index in [-0.39, 0.29) is 5.91 Å². The number of nitrogens with one attached hydrogen (secondary N) is 1. The fourth-order valence-corrected chi connectivity index (χ4v) is 1.41. The van der Waals surface area contributed by atoms with Crippen LogP contribution in [0.1, 0.15) is 6.92 Å². The van der Waals surface area contributed by atoms with E-state index in [4.69, 9.17) is 14.5 Å². The lowest BCUT2D eigenvalue weighted by atomic mass is 9.80. The maximum Gasteiger partial charge on any atom is 0.488 e. The highest BCUT2D eigenvalue weighted by molar-refractivity contribution is 6.58. The van der Waals surface area contributed by atoms with Crippen molar-refractivity contribution >= 4 is 29.6 Å². The van der Waals surface area contributed by atoms with E-state index in [0.29, 0.717) is 16.6 Å². The van der Waals surface area contributed by atoms with Gasteiger partial charge in [-0.2, -0.15) is 0 Å². The molecule has 0 aliphatic carbocycles. The van der Waals surface area contributed by atoms with Crippen molar-refractivity contribution in [3.05, 3.63) is 24.6 Å². The van der Waals surface area contributed by atoms with E-state index in [0.717, 1.165) is 0 Å². The second-order valence-corrected chi connectivity index (χ2v) is 3.36. The Balaban J connectivity index is 2.46. The molecule has 2 aromatic rings. The lowest BCUT2D eigenvalue weighted by Gasteiger charge is -1.96. The van der Waals surface area contributed by atoms with Crippen LogP contribution in [0.2, 0.25) is 0 Å². The second-order valence-electron chi connectivity index (χ2n) is 3.36. The van der Waals surface area contributed by atoms with Gasteiger partial charge in [-0.05, 0) is 16.2 Å². The quantitative estimate of drug-likeness (QED) is 0.425. The summed E-state index contributed by atoms with van der Waals surface area (Å²) >= 11 is 0. The number of carbonyl (C=O) groups is 1. The van der Waals surface area contributed by atoms with Gasteiger partial charge < -0.3 is 14.5 Å². The van der Waals surface area contributed by atoms with Crippen molar-refractivity contribution in [3.63, 3.8) is 0 Å². The topological polar surface area (TPSA) is 86.6 Å². The van der Waals surface area contributed by atoms with Gasteiger partial charge in [0.15, 0.2) is 0 Å². The van der Waals surface area contributed by atoms with Gasteiger partial charge in [0.05, 0.1) is 0 Å². The van der Waals surface area contributed by atoms with Crippen LogP contribution >= 0.6 is 0 Å². The zero-order valence-corrected chi connectivity index (χ0v) is 8.54. The number of oxazole rings is 1. The first-order chi connectivity index (χ1) is 7.58. The molecule has 82 valence electrons. The summed E-state index contributed by atoms with van der Waals surface area (Å²) in [5.74, 6) is -0.223. The predicted molar refractivity (Wildman–Crippen MR) is 56.3 cm³/mol. The van der Waals surface area contributed by atoms with E-state index < -0.39 is 7.12 Å². The normalized spacial score (nSPS) is 10.4. The molecule has 0 bridgehead atoms. The van der Waals surface area contributed by atoms with Crippen LogP contribution in [0.4, 0.5) is 0 Å². The van der Waals surface area contributed by atoms with Gasteiger partial charge in [0.1, 0.15) is 0 Å². The summed E-state index contributed by atoms with van der Waals surface area (Å²) in [6, 6.07) is 4.67. The fourth-order valence-electron chi connectivity index (χ4n) is 1.41. The molecule has 0 aliphatic heterocycles. The van der Waals surface area contributed by atoms with Crippen molar-refractivity contribution in [2.24, 2.45) is 0 Å². The van der Waals surface area contributed by atoms with Gasteiger partial charge in [0.25, 0.3) is 11.4 Å². The molecule has 0 saturated carbocycles. The minimum atomic E-state index is -1.54. The van der Waals surface area contributed by atoms with Gasteiger partial charge >= 0.3 is 13.5 Å². The van der Waals surface area contributed by atoms with E-state index in [1.54, 1.807) is 12.1 Å². The number of hydrogen-bond acceptors (Lipinski definition) is 4. The Kier molecular flexibility index (Phi) is 2.63. The van der Waals surface area contributed by atoms with Crippen LogP contribution < -0.4 is 15.6 Å². The van der Waals surface area contributed by atoms with Crippen LogP contribution in [0.15, 0.2) is 29.0 Å². The standard InChI is InChI=1S/C9H9BN2O4/c1-6(13)11-12-5-16-9-4-7(10(14)15)2-3-8(9)12/h2-5,14-15H,1H3/p+1. The third-order valence-corrected chi connectivity index (χ3v) is 2.10. The van der Waals surface area contributed by atoms with Gasteiger partial charge in [-0.1, -0.05) is 6.07 Å². The highest BCUT2D eigenvalue weighted by atomic mass is 16.4. The Labute approximate surface area is 91.2 Å². The molecule has 1 amide bonds. The van der Waals surface area contributed by atoms with Crippen molar-refractivity contribution in [1.29, 1.82) is 0 Å². The monoisotopic (exact) mass is 221 g/mol. The Hall–Kier alpha value is -1.86. The summed E-state index contributed by atoms with van der Waals surface area (Å²) in [7, 11) is -1.54. The maximum atomic E-state index is 10.9. The molecule has 7 heteroatoms. The van der Waals surface area contributed by atoms with Gasteiger partial charge in [-0.3, -0.25) is 4.79 Å². The summed E-state index contributed by atoms with van der Waals surface area (Å²) < 4.78 is 6.59. The zero-order chi connectivity index (χ0) is 11.7. The first-order valence-corrected chi connectivity index (χ1v) is 4.64. The zero-order valence-electron chi connectivity index (χ0n) is 8.54. The molecule has 0 atom stereocenters. The average molecular weight is 221 g/mol. The van der Waals surface area contributed by atoms with E-state index in [1.807, 2.05) is 0 Å². The maximum absolute atomic E-state index is 10.9. The Morgan fingerprint density at radius 2 is 2.25 bits per heavy atom. The van der Waals surface area contributed by atoms with Crippen molar-refractivity contribution < 1.29 is 23.9 Å². The molecule has 3 N–H and O–H groups in total. The number of benzene rings is 1. The van der Waals surface area contributed by atoms with Crippen molar-refractivity contribution in [2.75, 3.05) is 5.43 Å². The molecular formula is C9H10BN2O4+. The molecule has 1 aromatic carbocycles. The molecule has 1 heterocycles. The summed E-state index contributed by atoms with van der Waals surface area (Å²) in [6.45, 7) is 1.39. The molecule has 0 unspecified atom stereocenters. The first-order valence-electron chi connectivity index (χ1n) is 4.64. The van der Waals surface area contributed by atoms with Crippen LogP contribution in [0, 0.1) is 0 Å². The number of carbonyl (C=O) groups excluding carboxylic acids is 1. The third kappa shape index (κ3) is 1.90. The Morgan fingerprint density at radius 3 is 2.88 bits per heavy atom. The number of nitrogens with zero attached hydrogens (tertiary/aromatic N) is 1. The smallest absolute Gasteiger partial charge is 0.423 e. The van der Waals surface area contributed by atoms with Crippen LogP contribution in [-0.2, 0) is 4.79 Å². The van der Waals surface area contributed by atoms with E-state index >= 15 is 0 Å². The van der Waals surface area contributed by atoms with Crippen molar-refractivity contribution in [1.82, 2.24) is 0 Å². The highest BCUT2D eigenvalue weighted by Gasteiger charge is 2.18. The lowest BCUT2D eigenvalue weighted by Crippen LogP contribution is -2.46. The molecule has 0 spiro atoms. The number of fused-ring (bicyclic) bond motifs is 1. The van der Waals surface area contributed by atoms with Gasteiger partial charge in [0, 0.05) is 13.0 Å².